The number of carboxylic acids is 1. The SMILES string of the molecule is COc1ccc(/C=C/[C@]2(C(=O)O)Nc3ccccc3-c3nc(=O)c(C)nn32)cc1. The van der Waals surface area contributed by atoms with Crippen LogP contribution < -0.4 is 15.6 Å². The number of methoxy groups -OCH3 is 1. The molecule has 1 atom stereocenters. The van der Waals surface area contributed by atoms with Crippen molar-refractivity contribution in [3.05, 3.63) is 76.2 Å². The average molecular weight is 390 g/mol. The molecule has 29 heavy (non-hydrogen) atoms. The van der Waals surface area contributed by atoms with Crippen LogP contribution in [0.2, 0.25) is 0 Å². The number of nitrogens with one attached hydrogen (secondary N) is 1. The van der Waals surface area contributed by atoms with Crippen molar-refractivity contribution in [1.82, 2.24) is 14.8 Å². The summed E-state index contributed by atoms with van der Waals surface area (Å²) in [4.78, 5) is 28.7. The number of aryl methyl sites for hydroxylation is 1. The highest BCUT2D eigenvalue weighted by Crippen LogP contribution is 2.37. The first-order chi connectivity index (χ1) is 13.9. The molecular weight excluding hydrogens is 372 g/mol. The molecule has 1 aromatic heterocycles. The summed E-state index contributed by atoms with van der Waals surface area (Å²) in [7, 11) is 1.58. The molecular formula is C21H18N4O4. The largest absolute Gasteiger partial charge is 0.497 e. The number of para-hydroxylation sites is 1. The van der Waals surface area contributed by atoms with Crippen molar-refractivity contribution in [3.8, 4) is 17.1 Å². The molecule has 0 spiro atoms. The van der Waals surface area contributed by atoms with Crippen molar-refractivity contribution in [3.63, 3.8) is 0 Å². The van der Waals surface area contributed by atoms with Gasteiger partial charge in [0.1, 0.15) is 11.4 Å². The van der Waals surface area contributed by atoms with E-state index in [4.69, 9.17) is 4.74 Å². The molecule has 8 nitrogen and oxygen atoms in total. The molecule has 4 rings (SSSR count). The zero-order chi connectivity index (χ0) is 20.6. The Balaban J connectivity index is 1.91. The maximum Gasteiger partial charge on any atom is 0.356 e. The molecule has 0 aliphatic carbocycles. The Morgan fingerprint density at radius 1 is 1.21 bits per heavy atom. The van der Waals surface area contributed by atoms with Gasteiger partial charge >= 0.3 is 5.97 Å². The van der Waals surface area contributed by atoms with Gasteiger partial charge in [0, 0.05) is 11.3 Å². The van der Waals surface area contributed by atoms with E-state index in [9.17, 15) is 14.7 Å². The third kappa shape index (κ3) is 3.04. The number of hydrogen-bond donors (Lipinski definition) is 2. The molecule has 3 aromatic rings. The van der Waals surface area contributed by atoms with Gasteiger partial charge in [-0.25, -0.2) is 9.48 Å². The lowest BCUT2D eigenvalue weighted by Crippen LogP contribution is -2.52. The number of hydrogen-bond acceptors (Lipinski definition) is 6. The van der Waals surface area contributed by atoms with E-state index in [1.807, 2.05) is 12.1 Å². The van der Waals surface area contributed by atoms with Crippen LogP contribution in [0.25, 0.3) is 17.5 Å². The Morgan fingerprint density at radius 2 is 1.93 bits per heavy atom. The summed E-state index contributed by atoms with van der Waals surface area (Å²) in [5.41, 5.74) is -0.211. The molecule has 0 radical (unpaired) electrons. The first-order valence-corrected chi connectivity index (χ1v) is 8.87. The lowest BCUT2D eigenvalue weighted by atomic mass is 10.0. The molecule has 0 unspecified atom stereocenters. The van der Waals surface area contributed by atoms with Gasteiger partial charge in [0.15, 0.2) is 5.82 Å². The maximum absolute atomic E-state index is 12.5. The summed E-state index contributed by atoms with van der Waals surface area (Å²) in [6.45, 7) is 1.50. The van der Waals surface area contributed by atoms with Crippen molar-refractivity contribution in [2.24, 2.45) is 0 Å². The Labute approximate surface area is 166 Å². The van der Waals surface area contributed by atoms with Gasteiger partial charge in [0.2, 0.25) is 0 Å². The van der Waals surface area contributed by atoms with Gasteiger partial charge in [0.25, 0.3) is 11.2 Å². The Hall–Kier alpha value is -3.94. The lowest BCUT2D eigenvalue weighted by Gasteiger charge is -2.36. The number of benzene rings is 2. The lowest BCUT2D eigenvalue weighted by molar-refractivity contribution is -0.144. The van der Waals surface area contributed by atoms with Crippen molar-refractivity contribution < 1.29 is 14.6 Å². The standard InChI is InChI=1S/C21H18N4O4/c1-13-19(26)22-18-16-5-3-4-6-17(16)23-21(20(27)28,25(18)24-13)12-11-14-7-9-15(29-2)10-8-14/h3-12,23H,1-2H3,(H,27,28)/b12-11+/t21-/m0/s1. The van der Waals surface area contributed by atoms with E-state index in [-0.39, 0.29) is 11.5 Å². The van der Waals surface area contributed by atoms with E-state index < -0.39 is 17.2 Å². The summed E-state index contributed by atoms with van der Waals surface area (Å²) in [6.07, 6.45) is 3.17. The van der Waals surface area contributed by atoms with Crippen molar-refractivity contribution >= 4 is 17.7 Å². The predicted octanol–water partition coefficient (Wildman–Crippen LogP) is 2.50. The number of nitrogens with zero attached hydrogens (tertiary/aromatic N) is 3. The van der Waals surface area contributed by atoms with Crippen molar-refractivity contribution in [1.29, 1.82) is 0 Å². The van der Waals surface area contributed by atoms with Crippen LogP contribution in [0.15, 0.2) is 59.4 Å². The normalized spacial score (nSPS) is 17.3. The molecule has 2 heterocycles. The maximum atomic E-state index is 12.5. The molecule has 1 aliphatic heterocycles. The fraction of sp³-hybridized carbons (Fsp3) is 0.143. The second kappa shape index (κ2) is 6.90. The van der Waals surface area contributed by atoms with Crippen LogP contribution in [-0.2, 0) is 10.5 Å². The van der Waals surface area contributed by atoms with E-state index >= 15 is 0 Å². The van der Waals surface area contributed by atoms with E-state index in [1.54, 1.807) is 49.6 Å². The van der Waals surface area contributed by atoms with Gasteiger partial charge in [-0.2, -0.15) is 10.1 Å². The number of fused-ring (bicyclic) bond motifs is 3. The fourth-order valence-corrected chi connectivity index (χ4v) is 3.19. The van der Waals surface area contributed by atoms with Gasteiger partial charge in [-0.3, -0.25) is 4.79 Å². The topological polar surface area (TPSA) is 106 Å². The van der Waals surface area contributed by atoms with Crippen LogP contribution >= 0.6 is 0 Å². The zero-order valence-corrected chi connectivity index (χ0v) is 15.8. The van der Waals surface area contributed by atoms with Gasteiger partial charge in [-0.1, -0.05) is 30.3 Å². The van der Waals surface area contributed by atoms with Crippen LogP contribution in [0.3, 0.4) is 0 Å². The van der Waals surface area contributed by atoms with E-state index in [0.717, 1.165) is 5.56 Å². The smallest absolute Gasteiger partial charge is 0.356 e. The van der Waals surface area contributed by atoms with Crippen LogP contribution in [0.1, 0.15) is 11.3 Å². The average Bonchev–Trinajstić information content (AvgIpc) is 2.73. The molecule has 0 fully saturated rings. The Kier molecular flexibility index (Phi) is 4.38. The van der Waals surface area contributed by atoms with Crippen LogP contribution in [-0.4, -0.2) is 33.0 Å². The molecule has 0 amide bonds. The van der Waals surface area contributed by atoms with E-state index in [2.05, 4.69) is 15.4 Å². The third-order valence-corrected chi connectivity index (χ3v) is 4.75. The number of ether oxygens (including phenoxy) is 1. The number of anilines is 1. The first kappa shape index (κ1) is 18.4. The van der Waals surface area contributed by atoms with Gasteiger partial charge in [-0.05, 0) is 42.8 Å². The number of aliphatic carboxylic acids is 1. The zero-order valence-electron chi connectivity index (χ0n) is 15.8. The Morgan fingerprint density at radius 3 is 2.62 bits per heavy atom. The summed E-state index contributed by atoms with van der Waals surface area (Å²) in [5.74, 6) is -0.295. The molecule has 2 aromatic carbocycles. The summed E-state index contributed by atoms with van der Waals surface area (Å²) in [6, 6.07) is 14.3. The molecule has 0 saturated heterocycles. The molecule has 2 N–H and O–H groups in total. The number of rotatable bonds is 4. The second-order valence-corrected chi connectivity index (χ2v) is 6.59. The van der Waals surface area contributed by atoms with Crippen LogP contribution in [0.4, 0.5) is 5.69 Å². The summed E-state index contributed by atoms with van der Waals surface area (Å²) >= 11 is 0. The van der Waals surface area contributed by atoms with Crippen molar-refractivity contribution in [2.75, 3.05) is 12.4 Å². The van der Waals surface area contributed by atoms with Crippen LogP contribution in [0.5, 0.6) is 5.75 Å². The highest BCUT2D eigenvalue weighted by molar-refractivity contribution is 5.90. The van der Waals surface area contributed by atoms with Crippen LogP contribution in [0, 0.1) is 6.92 Å². The predicted molar refractivity (Wildman–Crippen MR) is 108 cm³/mol. The van der Waals surface area contributed by atoms with Gasteiger partial charge < -0.3 is 15.2 Å². The third-order valence-electron chi connectivity index (χ3n) is 4.75. The monoisotopic (exact) mass is 390 g/mol. The molecule has 1 aliphatic rings. The van der Waals surface area contributed by atoms with Gasteiger partial charge in [-0.15, -0.1) is 0 Å². The fourth-order valence-electron chi connectivity index (χ4n) is 3.19. The minimum absolute atomic E-state index is 0.110. The molecule has 0 bridgehead atoms. The van der Waals surface area contributed by atoms with Crippen molar-refractivity contribution in [2.45, 2.75) is 12.6 Å². The minimum Gasteiger partial charge on any atom is -0.497 e. The number of carbonyl (C=O) groups is 1. The number of aromatic nitrogens is 3. The quantitative estimate of drug-likeness (QED) is 0.705. The second-order valence-electron chi connectivity index (χ2n) is 6.59. The van der Waals surface area contributed by atoms with E-state index in [0.29, 0.717) is 17.0 Å². The van der Waals surface area contributed by atoms with Gasteiger partial charge in [0.05, 0.1) is 7.11 Å². The summed E-state index contributed by atoms with van der Waals surface area (Å²) < 4.78 is 6.39. The highest BCUT2D eigenvalue weighted by atomic mass is 16.5. The van der Waals surface area contributed by atoms with E-state index in [1.165, 1.54) is 17.7 Å². The number of carboxylic acid groups (broad SMARTS) is 1. The Bertz CT molecular complexity index is 1180. The molecule has 8 heteroatoms. The molecule has 0 saturated carbocycles. The molecule has 146 valence electrons. The summed E-state index contributed by atoms with van der Waals surface area (Å²) in [5, 5.41) is 17.5. The highest BCUT2D eigenvalue weighted by Gasteiger charge is 2.44. The minimum atomic E-state index is -1.75. The first-order valence-electron chi connectivity index (χ1n) is 8.87.